The van der Waals surface area contributed by atoms with Gasteiger partial charge in [0.15, 0.2) is 0 Å². The van der Waals surface area contributed by atoms with E-state index >= 15 is 0 Å². The fraction of sp³-hybridized carbons (Fsp3) is 0.409. The van der Waals surface area contributed by atoms with E-state index in [1.54, 1.807) is 38.1 Å². The fourth-order valence-corrected chi connectivity index (χ4v) is 4.74. The highest BCUT2D eigenvalue weighted by atomic mass is 35.5. The Morgan fingerprint density at radius 3 is 2.17 bits per heavy atom. The van der Waals surface area contributed by atoms with E-state index in [1.807, 2.05) is 6.92 Å². The molecule has 0 saturated carbocycles. The number of primary amides is 1. The Hall–Kier alpha value is -1.93. The second-order valence-corrected chi connectivity index (χ2v) is 10.3. The van der Waals surface area contributed by atoms with E-state index in [1.165, 1.54) is 28.6 Å². The maximum atomic E-state index is 13.3. The summed E-state index contributed by atoms with van der Waals surface area (Å²) in [6, 6.07) is 13.0. The molecule has 0 saturated heterocycles. The number of sulfonamides is 1. The smallest absolute Gasteiger partial charge is 0.243 e. The summed E-state index contributed by atoms with van der Waals surface area (Å²) in [4.78, 5) is 12.0. The van der Waals surface area contributed by atoms with Gasteiger partial charge < -0.3 is 10.8 Å². The third-order valence-electron chi connectivity index (χ3n) is 4.93. The van der Waals surface area contributed by atoms with Crippen LogP contribution in [0, 0.1) is 5.92 Å². The third kappa shape index (κ3) is 6.28. The highest BCUT2D eigenvalue weighted by Gasteiger charge is 2.29. The van der Waals surface area contributed by atoms with Crippen molar-refractivity contribution in [1.82, 2.24) is 4.31 Å². The first-order valence-electron chi connectivity index (χ1n) is 9.82. The van der Waals surface area contributed by atoms with Crippen molar-refractivity contribution in [3.8, 4) is 0 Å². The van der Waals surface area contributed by atoms with Crippen LogP contribution in [0.1, 0.15) is 44.7 Å². The molecule has 2 aromatic rings. The van der Waals surface area contributed by atoms with Gasteiger partial charge in [-0.1, -0.05) is 49.2 Å². The molecule has 0 bridgehead atoms. The summed E-state index contributed by atoms with van der Waals surface area (Å²) in [6.45, 7) is 5.35. The molecule has 0 aliphatic carbocycles. The van der Waals surface area contributed by atoms with Gasteiger partial charge in [-0.15, -0.1) is 0 Å². The molecule has 0 heterocycles. The van der Waals surface area contributed by atoms with E-state index < -0.39 is 27.4 Å². The quantitative estimate of drug-likeness (QED) is 0.574. The van der Waals surface area contributed by atoms with Crippen molar-refractivity contribution in [2.75, 3.05) is 6.54 Å². The molecular formula is C22H29ClN2O4S. The van der Waals surface area contributed by atoms with Crippen molar-refractivity contribution in [1.29, 1.82) is 0 Å². The SMILES string of the molecule is CCC[C@H](CN(Cc1ccc(C(C)(C)O)cc1)S(=O)(=O)c1ccc(Cl)cc1)C(N)=O. The predicted octanol–water partition coefficient (Wildman–Crippen LogP) is 3.66. The van der Waals surface area contributed by atoms with Crippen LogP contribution in [0.15, 0.2) is 53.4 Å². The number of rotatable bonds is 10. The van der Waals surface area contributed by atoms with Crippen LogP contribution in [-0.2, 0) is 27.0 Å². The number of carbonyl (C=O) groups excluding carboxylic acids is 1. The minimum absolute atomic E-state index is 0.0125. The zero-order valence-electron chi connectivity index (χ0n) is 17.5. The van der Waals surface area contributed by atoms with Crippen molar-refractivity contribution in [2.45, 2.75) is 50.7 Å². The molecule has 2 aromatic carbocycles. The number of aliphatic hydroxyl groups is 1. The van der Waals surface area contributed by atoms with E-state index in [0.29, 0.717) is 17.9 Å². The van der Waals surface area contributed by atoms with Crippen LogP contribution >= 0.6 is 11.6 Å². The topological polar surface area (TPSA) is 101 Å². The lowest BCUT2D eigenvalue weighted by molar-refractivity contribution is -0.122. The van der Waals surface area contributed by atoms with Crippen molar-refractivity contribution in [3.63, 3.8) is 0 Å². The molecule has 1 amide bonds. The molecule has 0 spiro atoms. The first-order valence-corrected chi connectivity index (χ1v) is 11.6. The molecule has 0 unspecified atom stereocenters. The van der Waals surface area contributed by atoms with Gasteiger partial charge in [-0.05, 0) is 55.7 Å². The van der Waals surface area contributed by atoms with Crippen LogP contribution in [0.2, 0.25) is 5.02 Å². The number of nitrogens with zero attached hydrogens (tertiary/aromatic N) is 1. The lowest BCUT2D eigenvalue weighted by Gasteiger charge is -2.26. The molecular weight excluding hydrogens is 424 g/mol. The van der Waals surface area contributed by atoms with E-state index in [-0.39, 0.29) is 18.0 Å². The summed E-state index contributed by atoms with van der Waals surface area (Å²) in [6.07, 6.45) is 1.21. The molecule has 0 fully saturated rings. The Morgan fingerprint density at radius 2 is 1.70 bits per heavy atom. The van der Waals surface area contributed by atoms with Crippen LogP contribution in [-0.4, -0.2) is 30.3 Å². The minimum Gasteiger partial charge on any atom is -0.386 e. The molecule has 1 atom stereocenters. The summed E-state index contributed by atoms with van der Waals surface area (Å²) < 4.78 is 27.9. The number of amides is 1. The zero-order chi connectivity index (χ0) is 22.5. The molecule has 0 radical (unpaired) electrons. The van der Waals surface area contributed by atoms with Gasteiger partial charge in [0.1, 0.15) is 0 Å². The Bertz CT molecular complexity index is 952. The number of carbonyl (C=O) groups is 1. The molecule has 30 heavy (non-hydrogen) atoms. The summed E-state index contributed by atoms with van der Waals surface area (Å²) in [7, 11) is -3.88. The summed E-state index contributed by atoms with van der Waals surface area (Å²) >= 11 is 5.90. The lowest BCUT2D eigenvalue weighted by Crippen LogP contribution is -2.39. The highest BCUT2D eigenvalue weighted by Crippen LogP contribution is 2.25. The van der Waals surface area contributed by atoms with Gasteiger partial charge in [0.2, 0.25) is 15.9 Å². The minimum atomic E-state index is -3.88. The largest absolute Gasteiger partial charge is 0.386 e. The summed E-state index contributed by atoms with van der Waals surface area (Å²) in [5.74, 6) is -1.11. The Morgan fingerprint density at radius 1 is 1.13 bits per heavy atom. The van der Waals surface area contributed by atoms with Gasteiger partial charge in [-0.2, -0.15) is 4.31 Å². The van der Waals surface area contributed by atoms with Gasteiger partial charge in [0, 0.05) is 18.1 Å². The highest BCUT2D eigenvalue weighted by molar-refractivity contribution is 7.89. The van der Waals surface area contributed by atoms with Crippen molar-refractivity contribution < 1.29 is 18.3 Å². The van der Waals surface area contributed by atoms with Gasteiger partial charge in [0.05, 0.1) is 16.4 Å². The average Bonchev–Trinajstić information content (AvgIpc) is 2.66. The van der Waals surface area contributed by atoms with Crippen molar-refractivity contribution in [2.24, 2.45) is 11.7 Å². The van der Waals surface area contributed by atoms with Crippen molar-refractivity contribution >= 4 is 27.5 Å². The second-order valence-electron chi connectivity index (χ2n) is 7.90. The Labute approximate surface area is 183 Å². The van der Waals surface area contributed by atoms with E-state index in [2.05, 4.69) is 0 Å². The summed E-state index contributed by atoms with van der Waals surface area (Å²) in [5.41, 5.74) is 5.99. The van der Waals surface area contributed by atoms with E-state index in [9.17, 15) is 18.3 Å². The first kappa shape index (κ1) is 24.3. The number of halogens is 1. The molecule has 6 nitrogen and oxygen atoms in total. The summed E-state index contributed by atoms with van der Waals surface area (Å²) in [5, 5.41) is 10.6. The van der Waals surface area contributed by atoms with Gasteiger partial charge in [0.25, 0.3) is 0 Å². The van der Waals surface area contributed by atoms with Gasteiger partial charge in [-0.25, -0.2) is 8.42 Å². The molecule has 0 aromatic heterocycles. The van der Waals surface area contributed by atoms with Gasteiger partial charge in [-0.3, -0.25) is 4.79 Å². The Kier molecular flexibility index (Phi) is 8.05. The number of hydrogen-bond donors (Lipinski definition) is 2. The molecule has 8 heteroatoms. The molecule has 2 rings (SSSR count). The monoisotopic (exact) mass is 452 g/mol. The molecule has 164 valence electrons. The third-order valence-corrected chi connectivity index (χ3v) is 7.01. The lowest BCUT2D eigenvalue weighted by atomic mass is 9.97. The maximum Gasteiger partial charge on any atom is 0.243 e. The van der Waals surface area contributed by atoms with Crippen molar-refractivity contribution in [3.05, 3.63) is 64.7 Å². The number of hydrogen-bond acceptors (Lipinski definition) is 4. The van der Waals surface area contributed by atoms with Crippen LogP contribution in [0.25, 0.3) is 0 Å². The first-order chi connectivity index (χ1) is 13.9. The normalized spacial score (nSPS) is 13.4. The number of nitrogens with two attached hydrogens (primary N) is 1. The zero-order valence-corrected chi connectivity index (χ0v) is 19.1. The maximum absolute atomic E-state index is 13.3. The van der Waals surface area contributed by atoms with Crippen LogP contribution in [0.4, 0.5) is 0 Å². The molecule has 0 aliphatic heterocycles. The second kappa shape index (κ2) is 9.92. The van der Waals surface area contributed by atoms with Crippen LogP contribution in [0.5, 0.6) is 0 Å². The molecule has 0 aliphatic rings. The van der Waals surface area contributed by atoms with E-state index in [4.69, 9.17) is 17.3 Å². The van der Waals surface area contributed by atoms with E-state index in [0.717, 1.165) is 11.1 Å². The predicted molar refractivity (Wildman–Crippen MR) is 118 cm³/mol. The average molecular weight is 453 g/mol. The van der Waals surface area contributed by atoms with Crippen LogP contribution in [0.3, 0.4) is 0 Å². The van der Waals surface area contributed by atoms with Gasteiger partial charge >= 0.3 is 0 Å². The molecule has 3 N–H and O–H groups in total. The van der Waals surface area contributed by atoms with Crippen LogP contribution < -0.4 is 5.73 Å². The fourth-order valence-electron chi connectivity index (χ4n) is 3.14. The standard InChI is InChI=1S/C22H29ClN2O4S/c1-4-5-17(21(24)26)15-25(30(28,29)20-12-10-19(23)11-13-20)14-16-6-8-18(9-7-16)22(2,3)27/h6-13,17,27H,4-5,14-15H2,1-3H3,(H2,24,26)/t17-/m1/s1. The Balaban J connectivity index is 2.40. The number of benzene rings is 2.